The fourth-order valence-corrected chi connectivity index (χ4v) is 0.835. The van der Waals surface area contributed by atoms with Gasteiger partial charge in [-0.1, -0.05) is 0 Å². The molecule has 1 rings (SSSR count). The molecule has 4 N–H and O–H groups in total. The van der Waals surface area contributed by atoms with Crippen molar-refractivity contribution in [1.29, 1.82) is 0 Å². The van der Waals surface area contributed by atoms with Gasteiger partial charge < -0.3 is 23.5 Å². The molecule has 0 bridgehead atoms. The van der Waals surface area contributed by atoms with Crippen LogP contribution in [0.15, 0.2) is 0 Å². The van der Waals surface area contributed by atoms with Gasteiger partial charge >= 0.3 is 0 Å². The lowest BCUT2D eigenvalue weighted by molar-refractivity contribution is -0.406. The molecule has 3 nitrogen and oxygen atoms in total. The third-order valence-electron chi connectivity index (χ3n) is 1.40. The van der Waals surface area contributed by atoms with Gasteiger partial charge in [-0.3, -0.25) is 4.79 Å². The van der Waals surface area contributed by atoms with Crippen LogP contribution in [-0.4, -0.2) is 18.5 Å². The van der Waals surface area contributed by atoms with Gasteiger partial charge in [-0.25, -0.2) is 0 Å². The van der Waals surface area contributed by atoms with Crippen molar-refractivity contribution in [2.45, 2.75) is 18.9 Å². The van der Waals surface area contributed by atoms with Crippen LogP contribution in [0.1, 0.15) is 12.8 Å². The molecular weight excluding hydrogens is 140 g/mol. The molecular formula is C5H11ClN2O. The fraction of sp³-hybridized carbons (Fsp3) is 0.800. The van der Waals surface area contributed by atoms with Crippen LogP contribution in [0.4, 0.5) is 0 Å². The molecule has 1 atom stereocenters. The Hall–Kier alpha value is -0.280. The second-order valence-electron chi connectivity index (χ2n) is 2.13. The number of halogens is 1. The highest BCUT2D eigenvalue weighted by Crippen LogP contribution is 1.96. The summed E-state index contributed by atoms with van der Waals surface area (Å²) in [6.07, 6.45) is 2.03. The fourth-order valence-electron chi connectivity index (χ4n) is 0.835. The van der Waals surface area contributed by atoms with Crippen LogP contribution < -0.4 is 23.5 Å². The van der Waals surface area contributed by atoms with E-state index >= 15 is 0 Å². The molecule has 9 heavy (non-hydrogen) atoms. The number of carbonyl (C=O) groups is 1. The maximum atomic E-state index is 10.6. The van der Waals surface area contributed by atoms with Gasteiger partial charge in [-0.15, -0.1) is 0 Å². The molecule has 1 aliphatic rings. The summed E-state index contributed by atoms with van der Waals surface area (Å²) in [7, 11) is 0. The Morgan fingerprint density at radius 1 is 1.67 bits per heavy atom. The lowest BCUT2D eigenvalue weighted by Crippen LogP contribution is -3.00. The summed E-state index contributed by atoms with van der Waals surface area (Å²) in [6.45, 7) is 0.838. The zero-order chi connectivity index (χ0) is 5.98. The van der Waals surface area contributed by atoms with E-state index in [0.717, 1.165) is 19.4 Å². The molecule has 0 radical (unpaired) electrons. The van der Waals surface area contributed by atoms with Crippen molar-refractivity contribution < 1.29 is 22.9 Å². The lowest BCUT2D eigenvalue weighted by Gasteiger charge is -2.14. The largest absolute Gasteiger partial charge is 1.00 e. The van der Waals surface area contributed by atoms with Crippen LogP contribution in [0.5, 0.6) is 0 Å². The molecule has 54 valence electrons. The molecule has 0 aromatic carbocycles. The molecule has 0 unspecified atom stereocenters. The van der Waals surface area contributed by atoms with Gasteiger partial charge in [0, 0.05) is 13.0 Å². The van der Waals surface area contributed by atoms with Crippen LogP contribution in [-0.2, 0) is 4.79 Å². The second-order valence-corrected chi connectivity index (χ2v) is 2.13. The van der Waals surface area contributed by atoms with E-state index in [1.165, 1.54) is 0 Å². The molecule has 1 saturated heterocycles. The highest BCUT2D eigenvalue weighted by Gasteiger charge is 2.19. The van der Waals surface area contributed by atoms with Gasteiger partial charge in [0.1, 0.15) is 0 Å². The standard InChI is InChI=1S/C5H10N2O.ClH/c6-4-2-1-3-7-5(4)8;/h4H,1-3,6H2,(H,7,8);1H/t4-;/m1./s1. The van der Waals surface area contributed by atoms with Crippen molar-refractivity contribution in [2.75, 3.05) is 6.54 Å². The molecule has 0 aromatic heterocycles. The van der Waals surface area contributed by atoms with Gasteiger partial charge in [0.05, 0.1) is 0 Å². The molecule has 1 aliphatic heterocycles. The topological polar surface area (TPSA) is 56.7 Å². The van der Waals surface area contributed by atoms with Crippen LogP contribution in [0.25, 0.3) is 0 Å². The first-order valence-corrected chi connectivity index (χ1v) is 2.91. The Kier molecular flexibility index (Phi) is 3.58. The molecule has 0 spiro atoms. The minimum absolute atomic E-state index is 0. The molecule has 1 amide bonds. The molecule has 0 aromatic rings. The van der Waals surface area contributed by atoms with Crippen molar-refractivity contribution in [3.63, 3.8) is 0 Å². The number of piperidine rings is 1. The molecule has 1 heterocycles. The Balaban J connectivity index is 0.000000640. The monoisotopic (exact) mass is 150 g/mol. The lowest BCUT2D eigenvalue weighted by atomic mass is 10.1. The van der Waals surface area contributed by atoms with E-state index in [1.807, 2.05) is 0 Å². The average Bonchev–Trinajstić information content (AvgIpc) is 1.77. The quantitative estimate of drug-likeness (QED) is 0.360. The third-order valence-corrected chi connectivity index (χ3v) is 1.40. The van der Waals surface area contributed by atoms with Crippen LogP contribution in [0.3, 0.4) is 0 Å². The summed E-state index contributed by atoms with van der Waals surface area (Å²) >= 11 is 0. The third kappa shape index (κ3) is 2.20. The zero-order valence-corrected chi connectivity index (χ0v) is 5.95. The van der Waals surface area contributed by atoms with Gasteiger partial charge in [0.15, 0.2) is 6.04 Å². The van der Waals surface area contributed by atoms with Gasteiger partial charge in [-0.05, 0) is 6.42 Å². The summed E-state index contributed by atoms with van der Waals surface area (Å²) in [5.74, 6) is 0.108. The van der Waals surface area contributed by atoms with E-state index in [4.69, 9.17) is 0 Å². The van der Waals surface area contributed by atoms with Crippen LogP contribution in [0, 0.1) is 0 Å². The molecule has 0 saturated carbocycles. The summed E-state index contributed by atoms with van der Waals surface area (Å²) < 4.78 is 0. The Bertz CT molecular complexity index is 107. The second kappa shape index (κ2) is 3.69. The van der Waals surface area contributed by atoms with Gasteiger partial charge in [0.2, 0.25) is 0 Å². The van der Waals surface area contributed by atoms with E-state index in [1.54, 1.807) is 0 Å². The predicted octanol–water partition coefficient (Wildman–Crippen LogP) is -4.49. The van der Waals surface area contributed by atoms with Gasteiger partial charge in [0.25, 0.3) is 5.91 Å². The smallest absolute Gasteiger partial charge is 0.278 e. The first kappa shape index (κ1) is 8.72. The molecule has 1 fully saturated rings. The number of hydrogen-bond donors (Lipinski definition) is 2. The SMILES string of the molecule is [Cl-].[NH3+][C@@H]1CCCNC1=O. The zero-order valence-electron chi connectivity index (χ0n) is 5.19. The average molecular weight is 151 g/mol. The minimum Gasteiger partial charge on any atom is -1.00 e. The molecule has 0 aliphatic carbocycles. The maximum Gasteiger partial charge on any atom is 0.278 e. The number of amides is 1. The van der Waals surface area contributed by atoms with Crippen molar-refractivity contribution in [3.8, 4) is 0 Å². The van der Waals surface area contributed by atoms with Gasteiger partial charge in [-0.2, -0.15) is 0 Å². The van der Waals surface area contributed by atoms with E-state index in [0.29, 0.717) is 0 Å². The number of nitrogens with one attached hydrogen (secondary N) is 1. The first-order chi connectivity index (χ1) is 3.80. The van der Waals surface area contributed by atoms with Crippen LogP contribution in [0.2, 0.25) is 0 Å². The number of rotatable bonds is 0. The van der Waals surface area contributed by atoms with E-state index in [9.17, 15) is 4.79 Å². The first-order valence-electron chi connectivity index (χ1n) is 2.91. The predicted molar refractivity (Wildman–Crippen MR) is 28.9 cm³/mol. The summed E-state index contributed by atoms with van der Waals surface area (Å²) in [4.78, 5) is 10.6. The van der Waals surface area contributed by atoms with Crippen molar-refractivity contribution in [1.82, 2.24) is 5.32 Å². The minimum atomic E-state index is 0. The summed E-state index contributed by atoms with van der Waals surface area (Å²) in [6, 6.07) is 0.00347. The van der Waals surface area contributed by atoms with Crippen molar-refractivity contribution in [3.05, 3.63) is 0 Å². The highest BCUT2D eigenvalue weighted by atomic mass is 35.5. The van der Waals surface area contributed by atoms with E-state index in [-0.39, 0.29) is 24.4 Å². The Morgan fingerprint density at radius 2 is 2.33 bits per heavy atom. The highest BCUT2D eigenvalue weighted by molar-refractivity contribution is 5.80. The Morgan fingerprint density at radius 3 is 2.67 bits per heavy atom. The number of quaternary nitrogens is 1. The van der Waals surface area contributed by atoms with Crippen LogP contribution >= 0.6 is 0 Å². The van der Waals surface area contributed by atoms with Crippen molar-refractivity contribution >= 4 is 5.91 Å². The summed E-state index contributed by atoms with van der Waals surface area (Å²) in [5.41, 5.74) is 3.67. The number of hydrogen-bond acceptors (Lipinski definition) is 1. The van der Waals surface area contributed by atoms with Crippen molar-refractivity contribution in [2.24, 2.45) is 0 Å². The molecule has 4 heteroatoms. The number of carbonyl (C=O) groups excluding carboxylic acids is 1. The maximum absolute atomic E-state index is 10.6. The summed E-state index contributed by atoms with van der Waals surface area (Å²) in [5, 5.41) is 2.73. The van der Waals surface area contributed by atoms with E-state index in [2.05, 4.69) is 11.1 Å². The normalized spacial score (nSPS) is 26.3. The van der Waals surface area contributed by atoms with E-state index < -0.39 is 0 Å². The Labute approximate surface area is 60.4 Å².